The molecule has 1 aliphatic rings. The van der Waals surface area contributed by atoms with Crippen LogP contribution in [0.1, 0.15) is 43.2 Å². The van der Waals surface area contributed by atoms with Gasteiger partial charge in [-0.15, -0.1) is 0 Å². The standard InChI is InChI=1S/C15H19NO2/c1-3-5-12-13(9-14(17)16-15(12)18)11-7-4-6-10(2)8-11/h4,6-8,12-13H,3,5,9H2,1-2H3,(H,16,17,18). The molecule has 0 radical (unpaired) electrons. The van der Waals surface area contributed by atoms with Gasteiger partial charge in [-0.1, -0.05) is 43.2 Å². The summed E-state index contributed by atoms with van der Waals surface area (Å²) in [7, 11) is 0. The number of rotatable bonds is 3. The SMILES string of the molecule is CCCC1C(=O)NC(=O)CC1c1cccc(C)c1. The molecule has 0 aromatic heterocycles. The first kappa shape index (κ1) is 12.8. The van der Waals surface area contributed by atoms with Crippen molar-refractivity contribution in [1.82, 2.24) is 5.32 Å². The Labute approximate surface area is 108 Å². The quantitative estimate of drug-likeness (QED) is 0.832. The zero-order chi connectivity index (χ0) is 13.1. The lowest BCUT2D eigenvalue weighted by molar-refractivity contribution is -0.137. The van der Waals surface area contributed by atoms with Gasteiger partial charge in [0.1, 0.15) is 0 Å². The monoisotopic (exact) mass is 245 g/mol. The van der Waals surface area contributed by atoms with Crippen LogP contribution in [0.15, 0.2) is 24.3 Å². The van der Waals surface area contributed by atoms with Gasteiger partial charge in [-0.2, -0.15) is 0 Å². The summed E-state index contributed by atoms with van der Waals surface area (Å²) in [6.07, 6.45) is 2.20. The second-order valence-electron chi connectivity index (χ2n) is 5.03. The molecule has 1 saturated heterocycles. The van der Waals surface area contributed by atoms with Crippen LogP contribution in [-0.4, -0.2) is 11.8 Å². The molecule has 1 aromatic rings. The summed E-state index contributed by atoms with van der Waals surface area (Å²) in [6, 6.07) is 8.12. The van der Waals surface area contributed by atoms with Gasteiger partial charge in [-0.3, -0.25) is 14.9 Å². The predicted octanol–water partition coefficient (Wildman–Crippen LogP) is 2.54. The summed E-state index contributed by atoms with van der Waals surface area (Å²) in [5.74, 6) is -0.306. The summed E-state index contributed by atoms with van der Waals surface area (Å²) in [5, 5.41) is 2.45. The van der Waals surface area contributed by atoms with E-state index in [4.69, 9.17) is 0 Å². The Morgan fingerprint density at radius 3 is 2.78 bits per heavy atom. The van der Waals surface area contributed by atoms with E-state index in [1.165, 1.54) is 5.56 Å². The molecule has 2 amide bonds. The molecule has 1 aromatic carbocycles. The van der Waals surface area contributed by atoms with E-state index >= 15 is 0 Å². The van der Waals surface area contributed by atoms with Crippen LogP contribution >= 0.6 is 0 Å². The Kier molecular flexibility index (Phi) is 3.80. The number of hydrogen-bond acceptors (Lipinski definition) is 2. The van der Waals surface area contributed by atoms with Crippen molar-refractivity contribution in [3.05, 3.63) is 35.4 Å². The normalized spacial score (nSPS) is 23.9. The average molecular weight is 245 g/mol. The van der Waals surface area contributed by atoms with Gasteiger partial charge in [0.2, 0.25) is 11.8 Å². The molecule has 0 spiro atoms. The number of piperidine rings is 1. The number of amides is 2. The molecule has 0 bridgehead atoms. The van der Waals surface area contributed by atoms with E-state index in [9.17, 15) is 9.59 Å². The number of carbonyl (C=O) groups excluding carboxylic acids is 2. The minimum atomic E-state index is -0.154. The zero-order valence-corrected chi connectivity index (χ0v) is 10.9. The molecule has 2 rings (SSSR count). The minimum Gasteiger partial charge on any atom is -0.296 e. The van der Waals surface area contributed by atoms with Crippen molar-refractivity contribution in [3.63, 3.8) is 0 Å². The fourth-order valence-corrected chi connectivity index (χ4v) is 2.70. The van der Waals surface area contributed by atoms with Crippen molar-refractivity contribution in [3.8, 4) is 0 Å². The summed E-state index contributed by atoms with van der Waals surface area (Å²) in [6.45, 7) is 4.10. The Hall–Kier alpha value is -1.64. The first-order valence-corrected chi connectivity index (χ1v) is 6.52. The fraction of sp³-hybridized carbons (Fsp3) is 0.467. The van der Waals surface area contributed by atoms with E-state index in [2.05, 4.69) is 18.3 Å². The average Bonchev–Trinajstić information content (AvgIpc) is 2.32. The summed E-state index contributed by atoms with van der Waals surface area (Å²) < 4.78 is 0. The number of imide groups is 1. The van der Waals surface area contributed by atoms with E-state index in [1.807, 2.05) is 25.1 Å². The van der Waals surface area contributed by atoms with Gasteiger partial charge in [0.15, 0.2) is 0 Å². The molecule has 2 unspecified atom stereocenters. The minimum absolute atomic E-state index is 0.0334. The lowest BCUT2D eigenvalue weighted by Crippen LogP contribution is -2.44. The molecule has 18 heavy (non-hydrogen) atoms. The van der Waals surface area contributed by atoms with Crippen molar-refractivity contribution in [1.29, 1.82) is 0 Å². The van der Waals surface area contributed by atoms with Crippen LogP contribution in [0.2, 0.25) is 0 Å². The highest BCUT2D eigenvalue weighted by atomic mass is 16.2. The third-order valence-corrected chi connectivity index (χ3v) is 3.56. The predicted molar refractivity (Wildman–Crippen MR) is 70.1 cm³/mol. The Morgan fingerprint density at radius 1 is 1.33 bits per heavy atom. The highest BCUT2D eigenvalue weighted by Gasteiger charge is 2.35. The number of aryl methyl sites for hydroxylation is 1. The number of nitrogens with one attached hydrogen (secondary N) is 1. The van der Waals surface area contributed by atoms with E-state index < -0.39 is 0 Å². The Balaban J connectivity index is 2.31. The molecule has 0 saturated carbocycles. The van der Waals surface area contributed by atoms with E-state index in [-0.39, 0.29) is 23.7 Å². The van der Waals surface area contributed by atoms with Crippen molar-refractivity contribution in [2.45, 2.75) is 39.0 Å². The van der Waals surface area contributed by atoms with Gasteiger partial charge < -0.3 is 0 Å². The fourth-order valence-electron chi connectivity index (χ4n) is 2.70. The number of carbonyl (C=O) groups is 2. The van der Waals surface area contributed by atoms with Crippen LogP contribution in [0.5, 0.6) is 0 Å². The Bertz CT molecular complexity index is 467. The van der Waals surface area contributed by atoms with Crippen molar-refractivity contribution < 1.29 is 9.59 Å². The molecule has 2 atom stereocenters. The van der Waals surface area contributed by atoms with Gasteiger partial charge in [0.25, 0.3) is 0 Å². The van der Waals surface area contributed by atoms with Gasteiger partial charge >= 0.3 is 0 Å². The number of hydrogen-bond donors (Lipinski definition) is 1. The lowest BCUT2D eigenvalue weighted by atomic mass is 9.78. The topological polar surface area (TPSA) is 46.2 Å². The van der Waals surface area contributed by atoms with Crippen LogP contribution in [0, 0.1) is 12.8 Å². The van der Waals surface area contributed by atoms with Crippen LogP contribution in [0.25, 0.3) is 0 Å². The van der Waals surface area contributed by atoms with Crippen LogP contribution in [-0.2, 0) is 9.59 Å². The highest BCUT2D eigenvalue weighted by Crippen LogP contribution is 2.34. The Morgan fingerprint density at radius 2 is 2.11 bits per heavy atom. The molecular weight excluding hydrogens is 226 g/mol. The van der Waals surface area contributed by atoms with Gasteiger partial charge in [0.05, 0.1) is 0 Å². The molecule has 3 heteroatoms. The molecule has 96 valence electrons. The second kappa shape index (κ2) is 5.34. The molecule has 0 aliphatic carbocycles. The number of benzene rings is 1. The smallest absolute Gasteiger partial charge is 0.230 e. The summed E-state index contributed by atoms with van der Waals surface area (Å²) in [4.78, 5) is 23.5. The maximum absolute atomic E-state index is 11.9. The van der Waals surface area contributed by atoms with Crippen molar-refractivity contribution in [2.24, 2.45) is 5.92 Å². The largest absolute Gasteiger partial charge is 0.296 e. The van der Waals surface area contributed by atoms with Crippen molar-refractivity contribution in [2.75, 3.05) is 0 Å². The van der Waals surface area contributed by atoms with Gasteiger partial charge in [-0.05, 0) is 18.9 Å². The first-order chi connectivity index (χ1) is 8.61. The summed E-state index contributed by atoms with van der Waals surface area (Å²) in [5.41, 5.74) is 2.28. The maximum atomic E-state index is 11.9. The lowest BCUT2D eigenvalue weighted by Gasteiger charge is -2.30. The van der Waals surface area contributed by atoms with Crippen molar-refractivity contribution >= 4 is 11.8 Å². The van der Waals surface area contributed by atoms with Crippen LogP contribution in [0.3, 0.4) is 0 Å². The van der Waals surface area contributed by atoms with E-state index in [0.717, 1.165) is 18.4 Å². The van der Waals surface area contributed by atoms with Gasteiger partial charge in [0, 0.05) is 18.3 Å². The van der Waals surface area contributed by atoms with E-state index in [0.29, 0.717) is 6.42 Å². The third-order valence-electron chi connectivity index (χ3n) is 3.56. The first-order valence-electron chi connectivity index (χ1n) is 6.52. The van der Waals surface area contributed by atoms with E-state index in [1.54, 1.807) is 0 Å². The third kappa shape index (κ3) is 2.61. The zero-order valence-electron chi connectivity index (χ0n) is 10.9. The highest BCUT2D eigenvalue weighted by molar-refractivity contribution is 5.99. The maximum Gasteiger partial charge on any atom is 0.230 e. The summed E-state index contributed by atoms with van der Waals surface area (Å²) >= 11 is 0. The van der Waals surface area contributed by atoms with Crippen LogP contribution in [0.4, 0.5) is 0 Å². The van der Waals surface area contributed by atoms with Gasteiger partial charge in [-0.25, -0.2) is 0 Å². The molecule has 1 aliphatic heterocycles. The molecule has 1 heterocycles. The molecule has 1 fully saturated rings. The second-order valence-corrected chi connectivity index (χ2v) is 5.03. The molecule has 3 nitrogen and oxygen atoms in total. The van der Waals surface area contributed by atoms with Crippen LogP contribution < -0.4 is 5.32 Å². The molecular formula is C15H19NO2. The molecule has 1 N–H and O–H groups in total.